The molecule has 24 heavy (non-hydrogen) atoms. The summed E-state index contributed by atoms with van der Waals surface area (Å²) in [4.78, 5) is 2.13. The molecule has 0 spiro atoms. The lowest BCUT2D eigenvalue weighted by molar-refractivity contribution is 0.393. The van der Waals surface area contributed by atoms with Crippen LogP contribution in [0.1, 0.15) is 51.7 Å². The van der Waals surface area contributed by atoms with Crippen LogP contribution in [0.3, 0.4) is 0 Å². The molecule has 0 saturated heterocycles. The van der Waals surface area contributed by atoms with Gasteiger partial charge in [-0.2, -0.15) is 0 Å². The van der Waals surface area contributed by atoms with Crippen LogP contribution >= 0.6 is 0 Å². The standard InChI is InChI=1S/C23H35N/c1-8-9-22(15-11-20(5)24(6)7)23-16-13-21(14-17-23)12-10-19(4)18(2)3/h8,11,13-19H,1,9-10,12H2,2-7H3/b20-11+,22-15+. The number of nitrogens with zero attached hydrogens (tertiary/aromatic N) is 1. The Morgan fingerprint density at radius 3 is 2.21 bits per heavy atom. The number of hydrogen-bond acceptors (Lipinski definition) is 1. The summed E-state index contributed by atoms with van der Waals surface area (Å²) >= 11 is 0. The van der Waals surface area contributed by atoms with Crippen LogP contribution in [0.4, 0.5) is 0 Å². The summed E-state index contributed by atoms with van der Waals surface area (Å²) in [6.45, 7) is 13.0. The van der Waals surface area contributed by atoms with Gasteiger partial charge in [0.25, 0.3) is 0 Å². The summed E-state index contributed by atoms with van der Waals surface area (Å²) in [5, 5.41) is 0. The Balaban J connectivity index is 2.85. The normalized spacial score (nSPS) is 14.0. The number of allylic oxidation sites excluding steroid dienone is 5. The first kappa shape index (κ1) is 20.3. The molecule has 0 fully saturated rings. The van der Waals surface area contributed by atoms with Gasteiger partial charge in [-0.15, -0.1) is 6.58 Å². The van der Waals surface area contributed by atoms with Crippen molar-refractivity contribution in [2.45, 2.75) is 47.0 Å². The molecular formula is C23H35N. The van der Waals surface area contributed by atoms with Crippen molar-refractivity contribution in [1.82, 2.24) is 4.90 Å². The van der Waals surface area contributed by atoms with E-state index in [4.69, 9.17) is 0 Å². The van der Waals surface area contributed by atoms with Gasteiger partial charge in [0.1, 0.15) is 0 Å². The smallest absolute Gasteiger partial charge is 0.00959 e. The minimum absolute atomic E-state index is 0.762. The molecule has 1 heteroatoms. The molecular weight excluding hydrogens is 290 g/mol. The third kappa shape index (κ3) is 6.78. The lowest BCUT2D eigenvalue weighted by atomic mass is 9.91. The molecule has 132 valence electrons. The van der Waals surface area contributed by atoms with Gasteiger partial charge in [-0.25, -0.2) is 0 Å². The third-order valence-corrected chi connectivity index (χ3v) is 4.95. The zero-order valence-electron chi connectivity index (χ0n) is 16.5. The van der Waals surface area contributed by atoms with Crippen molar-refractivity contribution in [3.8, 4) is 0 Å². The molecule has 1 nitrogen and oxygen atoms in total. The average Bonchev–Trinajstić information content (AvgIpc) is 2.56. The maximum absolute atomic E-state index is 3.90. The average molecular weight is 326 g/mol. The van der Waals surface area contributed by atoms with Gasteiger partial charge in [0.2, 0.25) is 0 Å². The fourth-order valence-corrected chi connectivity index (χ4v) is 2.42. The Morgan fingerprint density at radius 1 is 1.08 bits per heavy atom. The van der Waals surface area contributed by atoms with Gasteiger partial charge >= 0.3 is 0 Å². The number of rotatable bonds is 9. The summed E-state index contributed by atoms with van der Waals surface area (Å²) in [5.41, 5.74) is 5.28. The van der Waals surface area contributed by atoms with E-state index in [0.29, 0.717) is 0 Å². The Labute approximate surface area is 149 Å². The molecule has 1 unspecified atom stereocenters. The Bertz CT molecular complexity index is 558. The Kier molecular flexibility index (Phi) is 8.60. The van der Waals surface area contributed by atoms with Crippen molar-refractivity contribution in [2.75, 3.05) is 14.1 Å². The number of benzene rings is 1. The third-order valence-electron chi connectivity index (χ3n) is 4.95. The van der Waals surface area contributed by atoms with E-state index in [0.717, 1.165) is 18.3 Å². The molecule has 1 aromatic rings. The number of aryl methyl sites for hydroxylation is 1. The summed E-state index contributed by atoms with van der Waals surface area (Å²) in [5.74, 6) is 1.54. The van der Waals surface area contributed by atoms with E-state index in [1.54, 1.807) is 0 Å². The second kappa shape index (κ2) is 10.2. The molecule has 0 aliphatic heterocycles. The second-order valence-corrected chi connectivity index (χ2v) is 7.34. The second-order valence-electron chi connectivity index (χ2n) is 7.34. The summed E-state index contributed by atoms with van der Waals surface area (Å²) in [7, 11) is 4.14. The monoisotopic (exact) mass is 325 g/mol. The van der Waals surface area contributed by atoms with Crippen LogP contribution in [0.5, 0.6) is 0 Å². The predicted molar refractivity (Wildman–Crippen MR) is 109 cm³/mol. The SMILES string of the molecule is C=CC/C(=C\C=C(/C)N(C)C)c1ccc(CCC(C)C(C)C)cc1. The van der Waals surface area contributed by atoms with E-state index in [9.17, 15) is 0 Å². The van der Waals surface area contributed by atoms with Gasteiger partial charge in [0, 0.05) is 19.8 Å². The summed E-state index contributed by atoms with van der Waals surface area (Å²) in [6.07, 6.45) is 9.69. The first-order valence-corrected chi connectivity index (χ1v) is 9.10. The van der Waals surface area contributed by atoms with Crippen molar-refractivity contribution < 1.29 is 0 Å². The zero-order valence-corrected chi connectivity index (χ0v) is 16.5. The zero-order chi connectivity index (χ0) is 18.1. The highest BCUT2D eigenvalue weighted by atomic mass is 15.1. The van der Waals surface area contributed by atoms with Crippen molar-refractivity contribution in [3.63, 3.8) is 0 Å². The van der Waals surface area contributed by atoms with Crippen LogP contribution in [0, 0.1) is 11.8 Å². The largest absolute Gasteiger partial charge is 0.381 e. The van der Waals surface area contributed by atoms with Gasteiger partial charge in [-0.3, -0.25) is 0 Å². The molecule has 0 bridgehead atoms. The summed E-state index contributed by atoms with van der Waals surface area (Å²) in [6, 6.07) is 9.07. The molecule has 0 aliphatic rings. The highest BCUT2D eigenvalue weighted by Gasteiger charge is 2.07. The van der Waals surface area contributed by atoms with Gasteiger partial charge in [0.15, 0.2) is 0 Å². The Morgan fingerprint density at radius 2 is 1.71 bits per heavy atom. The van der Waals surface area contributed by atoms with E-state index in [1.807, 2.05) is 6.08 Å². The van der Waals surface area contributed by atoms with Crippen molar-refractivity contribution in [3.05, 3.63) is 65.9 Å². The molecule has 0 saturated carbocycles. The fraction of sp³-hybridized carbons (Fsp3) is 0.478. The maximum Gasteiger partial charge on any atom is 0.00959 e. The summed E-state index contributed by atoms with van der Waals surface area (Å²) < 4.78 is 0. The first-order valence-electron chi connectivity index (χ1n) is 9.10. The van der Waals surface area contributed by atoms with E-state index >= 15 is 0 Å². The predicted octanol–water partition coefficient (Wildman–Crippen LogP) is 6.34. The molecule has 1 rings (SSSR count). The quantitative estimate of drug-likeness (QED) is 0.378. The van der Waals surface area contributed by atoms with Gasteiger partial charge in [0.05, 0.1) is 0 Å². The molecule has 1 atom stereocenters. The van der Waals surface area contributed by atoms with Crippen LogP contribution in [-0.4, -0.2) is 19.0 Å². The maximum atomic E-state index is 3.90. The van der Waals surface area contributed by atoms with Gasteiger partial charge in [-0.05, 0) is 60.8 Å². The van der Waals surface area contributed by atoms with Gasteiger partial charge in [-0.1, -0.05) is 57.2 Å². The first-order chi connectivity index (χ1) is 11.3. The minimum Gasteiger partial charge on any atom is -0.381 e. The molecule has 1 aromatic carbocycles. The number of hydrogen-bond donors (Lipinski definition) is 0. The van der Waals surface area contributed by atoms with Crippen molar-refractivity contribution in [1.29, 1.82) is 0 Å². The van der Waals surface area contributed by atoms with Crippen molar-refractivity contribution in [2.24, 2.45) is 11.8 Å². The van der Waals surface area contributed by atoms with Crippen LogP contribution in [0.15, 0.2) is 54.8 Å². The molecule has 0 aliphatic carbocycles. The topological polar surface area (TPSA) is 3.24 Å². The van der Waals surface area contributed by atoms with Gasteiger partial charge < -0.3 is 4.90 Å². The Hall–Kier alpha value is -1.76. The van der Waals surface area contributed by atoms with E-state index in [2.05, 4.69) is 89.7 Å². The highest BCUT2D eigenvalue weighted by Crippen LogP contribution is 2.22. The van der Waals surface area contributed by atoms with Crippen LogP contribution in [0.2, 0.25) is 0 Å². The lowest BCUT2D eigenvalue weighted by Crippen LogP contribution is -2.07. The molecule has 0 radical (unpaired) electrons. The van der Waals surface area contributed by atoms with Crippen LogP contribution in [0.25, 0.3) is 5.57 Å². The molecule has 0 aromatic heterocycles. The van der Waals surface area contributed by atoms with Crippen LogP contribution in [-0.2, 0) is 6.42 Å². The lowest BCUT2D eigenvalue weighted by Gasteiger charge is -2.15. The highest BCUT2D eigenvalue weighted by molar-refractivity contribution is 5.68. The van der Waals surface area contributed by atoms with E-state index < -0.39 is 0 Å². The molecule has 0 amide bonds. The van der Waals surface area contributed by atoms with E-state index in [1.165, 1.54) is 35.2 Å². The van der Waals surface area contributed by atoms with Crippen LogP contribution < -0.4 is 0 Å². The fourth-order valence-electron chi connectivity index (χ4n) is 2.42. The molecule has 0 N–H and O–H groups in total. The molecule has 0 heterocycles. The minimum atomic E-state index is 0.762. The van der Waals surface area contributed by atoms with E-state index in [-0.39, 0.29) is 0 Å². The van der Waals surface area contributed by atoms with Crippen molar-refractivity contribution >= 4 is 5.57 Å².